The highest BCUT2D eigenvalue weighted by Crippen LogP contribution is 2.33. The Kier molecular flexibility index (Phi) is 4.36. The van der Waals surface area contributed by atoms with E-state index < -0.39 is 0 Å². The largest absolute Gasteiger partial charge is 0.495 e. The number of benzene rings is 2. The summed E-state index contributed by atoms with van der Waals surface area (Å²) in [7, 11) is 1.60. The van der Waals surface area contributed by atoms with Gasteiger partial charge in [0, 0.05) is 22.9 Å². The number of hydrogen-bond acceptors (Lipinski definition) is 5. The Balaban J connectivity index is 1.50. The first-order valence-electron chi connectivity index (χ1n) is 10.3. The molecule has 7 nitrogen and oxygen atoms in total. The Morgan fingerprint density at radius 2 is 1.73 bits per heavy atom. The molecule has 2 N–H and O–H groups in total. The molecule has 0 saturated heterocycles. The summed E-state index contributed by atoms with van der Waals surface area (Å²) < 4.78 is 19.8. The first kappa shape index (κ1) is 19.1. The predicted octanol–water partition coefficient (Wildman–Crippen LogP) is 5.38. The standard InChI is InChI=1S/C25H17FN6O/c1-33-15-11-14(12-27-13-15)19-9-10-21-23(28-19)24(32-31-21)25-29-20-8-4-6-17(22(20)30-25)16-5-2-3-7-18(16)26/h2-13H,1H3,(H,29,30)(H,31,32). The van der Waals surface area contributed by atoms with Crippen molar-refractivity contribution in [3.63, 3.8) is 0 Å². The fraction of sp³-hybridized carbons (Fsp3) is 0.0400. The molecule has 0 atom stereocenters. The lowest BCUT2D eigenvalue weighted by molar-refractivity contribution is 0.413. The molecular weight excluding hydrogens is 419 g/mol. The van der Waals surface area contributed by atoms with Crippen LogP contribution < -0.4 is 4.74 Å². The van der Waals surface area contributed by atoms with Gasteiger partial charge in [-0.15, -0.1) is 0 Å². The van der Waals surface area contributed by atoms with E-state index in [4.69, 9.17) is 14.7 Å². The summed E-state index contributed by atoms with van der Waals surface area (Å²) in [6.07, 6.45) is 3.38. The molecule has 4 aromatic heterocycles. The Labute approximate surface area is 187 Å². The lowest BCUT2D eigenvalue weighted by Crippen LogP contribution is -1.89. The van der Waals surface area contributed by atoms with Crippen LogP contribution in [0.5, 0.6) is 5.75 Å². The van der Waals surface area contributed by atoms with Gasteiger partial charge in [-0.2, -0.15) is 5.10 Å². The molecule has 0 aliphatic carbocycles. The molecule has 0 unspecified atom stereocenters. The van der Waals surface area contributed by atoms with Crippen LogP contribution in [0.25, 0.3) is 56.0 Å². The lowest BCUT2D eigenvalue weighted by atomic mass is 10.0. The monoisotopic (exact) mass is 436 g/mol. The second kappa shape index (κ2) is 7.52. The number of rotatable bonds is 4. The van der Waals surface area contributed by atoms with Crippen LogP contribution in [-0.4, -0.2) is 37.2 Å². The van der Waals surface area contributed by atoms with Crippen LogP contribution in [0.1, 0.15) is 0 Å². The zero-order valence-electron chi connectivity index (χ0n) is 17.5. The minimum atomic E-state index is -0.294. The summed E-state index contributed by atoms with van der Waals surface area (Å²) >= 11 is 0. The number of H-pyrrole nitrogens is 2. The van der Waals surface area contributed by atoms with Gasteiger partial charge in [0.05, 0.1) is 35.6 Å². The number of hydrogen-bond donors (Lipinski definition) is 2. The van der Waals surface area contributed by atoms with Crippen LogP contribution in [0.2, 0.25) is 0 Å². The van der Waals surface area contributed by atoms with Crippen molar-refractivity contribution in [2.45, 2.75) is 0 Å². The summed E-state index contributed by atoms with van der Waals surface area (Å²) in [5, 5.41) is 7.47. The third kappa shape index (κ3) is 3.20. The van der Waals surface area contributed by atoms with E-state index in [-0.39, 0.29) is 5.82 Å². The maximum Gasteiger partial charge on any atom is 0.161 e. The molecule has 0 fully saturated rings. The van der Waals surface area contributed by atoms with Crippen LogP contribution in [0.3, 0.4) is 0 Å². The van der Waals surface area contributed by atoms with Gasteiger partial charge in [-0.1, -0.05) is 30.3 Å². The van der Waals surface area contributed by atoms with E-state index in [1.165, 1.54) is 6.07 Å². The van der Waals surface area contributed by atoms with E-state index in [2.05, 4.69) is 20.2 Å². The molecule has 33 heavy (non-hydrogen) atoms. The van der Waals surface area contributed by atoms with Gasteiger partial charge in [-0.25, -0.2) is 14.4 Å². The van der Waals surface area contributed by atoms with Crippen LogP contribution >= 0.6 is 0 Å². The zero-order valence-corrected chi connectivity index (χ0v) is 17.5. The number of para-hydroxylation sites is 1. The van der Waals surface area contributed by atoms with E-state index in [1.807, 2.05) is 42.5 Å². The highest BCUT2D eigenvalue weighted by molar-refractivity contribution is 5.96. The van der Waals surface area contributed by atoms with Crippen molar-refractivity contribution in [2.75, 3.05) is 7.11 Å². The fourth-order valence-electron chi connectivity index (χ4n) is 3.94. The summed E-state index contributed by atoms with van der Waals surface area (Å²) in [6, 6.07) is 18.0. The molecule has 0 amide bonds. The van der Waals surface area contributed by atoms with Gasteiger partial charge in [0.25, 0.3) is 0 Å². The van der Waals surface area contributed by atoms with E-state index in [0.717, 1.165) is 22.3 Å². The third-order valence-electron chi connectivity index (χ3n) is 5.55. The van der Waals surface area contributed by atoms with Crippen molar-refractivity contribution in [3.05, 3.63) is 78.9 Å². The molecule has 8 heteroatoms. The van der Waals surface area contributed by atoms with Crippen molar-refractivity contribution in [3.8, 4) is 39.7 Å². The van der Waals surface area contributed by atoms with Gasteiger partial charge in [0.1, 0.15) is 17.1 Å². The molecule has 0 saturated carbocycles. The first-order valence-corrected chi connectivity index (χ1v) is 10.3. The zero-order chi connectivity index (χ0) is 22.4. The number of nitrogens with zero attached hydrogens (tertiary/aromatic N) is 4. The average Bonchev–Trinajstić information content (AvgIpc) is 3.48. The molecule has 0 aliphatic heterocycles. The molecule has 4 heterocycles. The topological polar surface area (TPSA) is 92.4 Å². The van der Waals surface area contributed by atoms with E-state index in [0.29, 0.717) is 39.4 Å². The van der Waals surface area contributed by atoms with Crippen molar-refractivity contribution >= 4 is 22.1 Å². The van der Waals surface area contributed by atoms with E-state index in [9.17, 15) is 4.39 Å². The predicted molar refractivity (Wildman–Crippen MR) is 124 cm³/mol. The molecule has 160 valence electrons. The van der Waals surface area contributed by atoms with Crippen molar-refractivity contribution < 1.29 is 9.13 Å². The first-order chi connectivity index (χ1) is 16.2. The molecular formula is C25H17FN6O. The summed E-state index contributed by atoms with van der Waals surface area (Å²) in [5.41, 5.74) is 6.26. The van der Waals surface area contributed by atoms with Gasteiger partial charge in [-0.05, 0) is 30.3 Å². The average molecular weight is 436 g/mol. The van der Waals surface area contributed by atoms with Crippen molar-refractivity contribution in [1.29, 1.82) is 0 Å². The van der Waals surface area contributed by atoms with Gasteiger partial charge in [-0.3, -0.25) is 10.1 Å². The van der Waals surface area contributed by atoms with E-state index in [1.54, 1.807) is 31.6 Å². The quantitative estimate of drug-likeness (QED) is 0.387. The number of ether oxygens (including phenoxy) is 1. The molecule has 2 aromatic carbocycles. The number of aromatic nitrogens is 6. The second-order valence-electron chi connectivity index (χ2n) is 7.55. The highest BCUT2D eigenvalue weighted by Gasteiger charge is 2.17. The second-order valence-corrected chi connectivity index (χ2v) is 7.55. The van der Waals surface area contributed by atoms with Crippen LogP contribution in [-0.2, 0) is 0 Å². The van der Waals surface area contributed by atoms with Gasteiger partial charge >= 0.3 is 0 Å². The van der Waals surface area contributed by atoms with E-state index >= 15 is 0 Å². The SMILES string of the molecule is COc1cncc(-c2ccc3[nH]nc(-c4nc5c(-c6ccccc6F)cccc5[nH]4)c3n2)c1. The maximum atomic E-state index is 14.5. The summed E-state index contributed by atoms with van der Waals surface area (Å²) in [4.78, 5) is 17.1. The smallest absolute Gasteiger partial charge is 0.161 e. The molecule has 0 spiro atoms. The number of halogens is 1. The summed E-state index contributed by atoms with van der Waals surface area (Å²) in [5.74, 6) is 0.909. The Bertz CT molecular complexity index is 1640. The number of fused-ring (bicyclic) bond motifs is 2. The van der Waals surface area contributed by atoms with Gasteiger partial charge < -0.3 is 9.72 Å². The molecule has 6 aromatic rings. The van der Waals surface area contributed by atoms with Crippen molar-refractivity contribution in [2.24, 2.45) is 0 Å². The number of nitrogens with one attached hydrogen (secondary N) is 2. The molecule has 0 bridgehead atoms. The van der Waals surface area contributed by atoms with Crippen LogP contribution in [0.4, 0.5) is 4.39 Å². The number of imidazole rings is 1. The fourth-order valence-corrected chi connectivity index (χ4v) is 3.94. The maximum absolute atomic E-state index is 14.5. The Hall–Kier alpha value is -4.59. The molecule has 0 aliphatic rings. The Morgan fingerprint density at radius 3 is 2.61 bits per heavy atom. The summed E-state index contributed by atoms with van der Waals surface area (Å²) in [6.45, 7) is 0. The number of methoxy groups -OCH3 is 1. The highest BCUT2D eigenvalue weighted by atomic mass is 19.1. The van der Waals surface area contributed by atoms with Gasteiger partial charge in [0.15, 0.2) is 11.5 Å². The third-order valence-corrected chi connectivity index (χ3v) is 5.55. The lowest BCUT2D eigenvalue weighted by Gasteiger charge is -2.04. The van der Waals surface area contributed by atoms with Crippen LogP contribution in [0, 0.1) is 5.82 Å². The van der Waals surface area contributed by atoms with Gasteiger partial charge in [0.2, 0.25) is 0 Å². The molecule has 0 radical (unpaired) electrons. The number of aromatic amines is 2. The normalized spacial score (nSPS) is 11.3. The van der Waals surface area contributed by atoms with Crippen molar-refractivity contribution in [1.82, 2.24) is 30.1 Å². The Morgan fingerprint density at radius 1 is 0.848 bits per heavy atom. The molecule has 6 rings (SSSR count). The minimum absolute atomic E-state index is 0.294. The number of pyridine rings is 2. The minimum Gasteiger partial charge on any atom is -0.495 e. The van der Waals surface area contributed by atoms with Crippen LogP contribution in [0.15, 0.2) is 73.1 Å².